The molecule has 3 aromatic heterocycles. The Morgan fingerprint density at radius 1 is 0.385 bits per heavy atom. The predicted molar refractivity (Wildman–Crippen MR) is 161 cm³/mol. The van der Waals surface area contributed by atoms with Crippen molar-refractivity contribution in [1.82, 2.24) is 4.57 Å². The summed E-state index contributed by atoms with van der Waals surface area (Å²) in [7, 11) is 0. The highest BCUT2D eigenvalue weighted by Crippen LogP contribution is 2.40. The maximum Gasteiger partial charge on any atom is 0.137 e. The molecule has 0 aliphatic carbocycles. The third-order valence-corrected chi connectivity index (χ3v) is 8.01. The van der Waals surface area contributed by atoms with Gasteiger partial charge in [-0.25, -0.2) is 0 Å². The number of aromatic nitrogens is 1. The highest BCUT2D eigenvalue weighted by molar-refractivity contribution is 6.15. The van der Waals surface area contributed by atoms with Gasteiger partial charge < -0.3 is 13.4 Å². The lowest BCUT2D eigenvalue weighted by Crippen LogP contribution is -1.94. The van der Waals surface area contributed by atoms with Gasteiger partial charge in [0.15, 0.2) is 0 Å². The van der Waals surface area contributed by atoms with Crippen molar-refractivity contribution in [3.05, 3.63) is 127 Å². The lowest BCUT2D eigenvalue weighted by molar-refractivity contribution is 0.669. The molecule has 0 saturated carbocycles. The Bertz CT molecular complexity index is 2350. The zero-order valence-electron chi connectivity index (χ0n) is 20.9. The Labute approximate surface area is 223 Å². The van der Waals surface area contributed by atoms with Crippen LogP contribution in [0.15, 0.2) is 136 Å². The van der Waals surface area contributed by atoms with Crippen molar-refractivity contribution in [2.75, 3.05) is 0 Å². The van der Waals surface area contributed by atoms with E-state index in [1.54, 1.807) is 0 Å². The zero-order valence-corrected chi connectivity index (χ0v) is 20.9. The van der Waals surface area contributed by atoms with Crippen LogP contribution < -0.4 is 0 Å². The van der Waals surface area contributed by atoms with Crippen LogP contribution in [-0.2, 0) is 0 Å². The molecule has 182 valence electrons. The highest BCUT2D eigenvalue weighted by Gasteiger charge is 2.18. The van der Waals surface area contributed by atoms with Crippen LogP contribution in [0.5, 0.6) is 0 Å². The fraction of sp³-hybridized carbons (Fsp3) is 0. The van der Waals surface area contributed by atoms with Crippen molar-refractivity contribution in [3.63, 3.8) is 0 Å². The van der Waals surface area contributed by atoms with Crippen molar-refractivity contribution in [2.45, 2.75) is 0 Å². The smallest absolute Gasteiger partial charge is 0.137 e. The number of furan rings is 2. The number of fused-ring (bicyclic) bond motifs is 9. The van der Waals surface area contributed by atoms with Gasteiger partial charge in [-0.3, -0.25) is 0 Å². The molecular formula is C36H21NO2. The summed E-state index contributed by atoms with van der Waals surface area (Å²) in [4.78, 5) is 0. The number of hydrogen-bond acceptors (Lipinski definition) is 2. The third-order valence-electron chi connectivity index (χ3n) is 8.01. The number of para-hydroxylation sites is 3. The topological polar surface area (TPSA) is 31.2 Å². The van der Waals surface area contributed by atoms with E-state index in [9.17, 15) is 0 Å². The van der Waals surface area contributed by atoms with Crippen molar-refractivity contribution < 1.29 is 8.83 Å². The van der Waals surface area contributed by atoms with E-state index in [4.69, 9.17) is 8.83 Å². The van der Waals surface area contributed by atoms with E-state index in [2.05, 4.69) is 120 Å². The second kappa shape index (κ2) is 7.62. The highest BCUT2D eigenvalue weighted by atomic mass is 16.3. The van der Waals surface area contributed by atoms with Gasteiger partial charge in [0.25, 0.3) is 0 Å². The molecule has 0 amide bonds. The lowest BCUT2D eigenvalue weighted by atomic mass is 10.0. The number of rotatable bonds is 2. The van der Waals surface area contributed by atoms with Crippen LogP contribution in [0.2, 0.25) is 0 Å². The number of nitrogens with zero attached hydrogens (tertiary/aromatic N) is 1. The summed E-state index contributed by atoms with van der Waals surface area (Å²) >= 11 is 0. The molecule has 0 N–H and O–H groups in total. The first kappa shape index (κ1) is 20.7. The Morgan fingerprint density at radius 3 is 1.82 bits per heavy atom. The second-order valence-corrected chi connectivity index (χ2v) is 10.1. The van der Waals surface area contributed by atoms with Gasteiger partial charge >= 0.3 is 0 Å². The molecule has 0 aliphatic heterocycles. The summed E-state index contributed by atoms with van der Waals surface area (Å²) < 4.78 is 14.9. The molecular weight excluding hydrogens is 478 g/mol. The van der Waals surface area contributed by atoms with Gasteiger partial charge in [0.05, 0.1) is 22.1 Å². The van der Waals surface area contributed by atoms with Crippen molar-refractivity contribution in [3.8, 4) is 16.8 Å². The van der Waals surface area contributed by atoms with Gasteiger partial charge in [-0.1, -0.05) is 72.8 Å². The minimum atomic E-state index is 0.882. The van der Waals surface area contributed by atoms with Crippen LogP contribution in [0, 0.1) is 0 Å². The predicted octanol–water partition coefficient (Wildman–Crippen LogP) is 10.2. The van der Waals surface area contributed by atoms with Gasteiger partial charge in [0, 0.05) is 26.9 Å². The van der Waals surface area contributed by atoms with Crippen LogP contribution in [0.1, 0.15) is 0 Å². The molecule has 0 saturated heterocycles. The van der Waals surface area contributed by atoms with E-state index >= 15 is 0 Å². The van der Waals surface area contributed by atoms with E-state index in [1.807, 2.05) is 12.1 Å². The zero-order chi connectivity index (χ0) is 25.5. The average molecular weight is 500 g/mol. The Kier molecular flexibility index (Phi) is 4.05. The molecule has 3 nitrogen and oxygen atoms in total. The molecule has 9 aromatic rings. The van der Waals surface area contributed by atoms with E-state index in [1.165, 1.54) is 21.8 Å². The van der Waals surface area contributed by atoms with Crippen LogP contribution in [-0.4, -0.2) is 4.57 Å². The summed E-state index contributed by atoms with van der Waals surface area (Å²) in [6, 6.07) is 44.7. The monoisotopic (exact) mass is 499 g/mol. The van der Waals surface area contributed by atoms with Crippen LogP contribution in [0.4, 0.5) is 0 Å². The molecule has 0 radical (unpaired) electrons. The molecule has 0 spiro atoms. The third kappa shape index (κ3) is 2.87. The van der Waals surface area contributed by atoms with E-state index < -0.39 is 0 Å². The van der Waals surface area contributed by atoms with Gasteiger partial charge in [-0.15, -0.1) is 0 Å². The molecule has 3 heterocycles. The first-order chi connectivity index (χ1) is 19.3. The quantitative estimate of drug-likeness (QED) is 0.237. The molecule has 0 bridgehead atoms. The van der Waals surface area contributed by atoms with Crippen LogP contribution in [0.25, 0.3) is 82.5 Å². The molecule has 0 unspecified atom stereocenters. The van der Waals surface area contributed by atoms with Crippen LogP contribution in [0.3, 0.4) is 0 Å². The largest absolute Gasteiger partial charge is 0.456 e. The van der Waals surface area contributed by atoms with Gasteiger partial charge in [-0.2, -0.15) is 0 Å². The lowest BCUT2D eigenvalue weighted by Gasteiger charge is -2.09. The summed E-state index contributed by atoms with van der Waals surface area (Å²) in [5.74, 6) is 0. The molecule has 0 aliphatic rings. The van der Waals surface area contributed by atoms with Crippen molar-refractivity contribution in [1.29, 1.82) is 0 Å². The Morgan fingerprint density at radius 2 is 1.00 bits per heavy atom. The van der Waals surface area contributed by atoms with Crippen LogP contribution >= 0.6 is 0 Å². The summed E-state index contributed by atoms with van der Waals surface area (Å²) in [5, 5.41) is 7.00. The molecule has 9 rings (SSSR count). The standard InChI is InChI=1S/C36H21NO2/c1-4-11-29-24(8-1)25-9-2-5-12-30(25)37(29)31-13-7-15-34-36(31)27-18-16-23(21-35(27)39-34)22-17-19-33-28(20-22)26-10-3-6-14-32(26)38-33/h1-21H. The maximum absolute atomic E-state index is 6.49. The minimum absolute atomic E-state index is 0.882. The Balaban J connectivity index is 1.28. The normalized spacial score (nSPS) is 12.1. The SMILES string of the molecule is c1ccc2c(c1)oc1ccc(-c3ccc4c(c3)oc3cccc(-n5c6ccccc6c6ccccc65)c34)cc12. The van der Waals surface area contributed by atoms with E-state index in [-0.39, 0.29) is 0 Å². The van der Waals surface area contributed by atoms with E-state index in [0.29, 0.717) is 0 Å². The minimum Gasteiger partial charge on any atom is -0.456 e. The molecule has 3 heteroatoms. The van der Waals surface area contributed by atoms with Gasteiger partial charge in [-0.05, 0) is 65.7 Å². The average Bonchev–Trinajstić information content (AvgIpc) is 3.66. The van der Waals surface area contributed by atoms with Crippen molar-refractivity contribution in [2.24, 2.45) is 0 Å². The maximum atomic E-state index is 6.49. The number of benzene rings is 6. The van der Waals surface area contributed by atoms with E-state index in [0.717, 1.165) is 60.7 Å². The molecule has 0 fully saturated rings. The molecule has 0 atom stereocenters. The fourth-order valence-corrected chi connectivity index (χ4v) is 6.26. The fourth-order valence-electron chi connectivity index (χ4n) is 6.26. The first-order valence-corrected chi connectivity index (χ1v) is 13.2. The van der Waals surface area contributed by atoms with Crippen molar-refractivity contribution >= 4 is 65.7 Å². The molecule has 6 aromatic carbocycles. The molecule has 39 heavy (non-hydrogen) atoms. The van der Waals surface area contributed by atoms with Gasteiger partial charge in [0.2, 0.25) is 0 Å². The Hall–Kier alpha value is -5.28. The summed E-state index contributed by atoms with van der Waals surface area (Å²) in [6.45, 7) is 0. The second-order valence-electron chi connectivity index (χ2n) is 10.1. The summed E-state index contributed by atoms with van der Waals surface area (Å²) in [6.07, 6.45) is 0. The first-order valence-electron chi connectivity index (χ1n) is 13.2. The van der Waals surface area contributed by atoms with Gasteiger partial charge in [0.1, 0.15) is 22.3 Å². The number of hydrogen-bond donors (Lipinski definition) is 0. The summed E-state index contributed by atoms with van der Waals surface area (Å²) in [5.41, 5.74) is 9.35.